The lowest BCUT2D eigenvalue weighted by molar-refractivity contribution is -0.388. The van der Waals surface area contributed by atoms with Crippen LogP contribution in [-0.4, -0.2) is 11.2 Å². The minimum atomic E-state index is -1.64. The molecule has 0 fully saturated rings. The molecule has 14 heavy (non-hydrogen) atoms. The second-order valence-corrected chi connectivity index (χ2v) is 3.11. The van der Waals surface area contributed by atoms with Crippen LogP contribution in [0.5, 0.6) is 0 Å². The summed E-state index contributed by atoms with van der Waals surface area (Å²) in [5, 5.41) is 10.2. The molecule has 0 saturated carbocycles. The number of benzene rings is 1. The highest BCUT2D eigenvalue weighted by molar-refractivity contribution is 7.98. The predicted octanol–water partition coefficient (Wildman–Crippen LogP) is 2.73. The summed E-state index contributed by atoms with van der Waals surface area (Å²) < 4.78 is 38.7. The predicted molar refractivity (Wildman–Crippen MR) is 44.8 cm³/mol. The topological polar surface area (TPSA) is 43.1 Å². The second-order valence-electron chi connectivity index (χ2n) is 2.30. The van der Waals surface area contributed by atoms with Crippen molar-refractivity contribution in [1.82, 2.24) is 0 Å². The Kier molecular flexibility index (Phi) is 3.00. The fourth-order valence-electron chi connectivity index (χ4n) is 0.886. The molecule has 0 aromatic heterocycles. The van der Waals surface area contributed by atoms with Crippen LogP contribution in [0.2, 0.25) is 0 Å². The van der Waals surface area contributed by atoms with Crippen LogP contribution in [0.25, 0.3) is 0 Å². The SMILES string of the molecule is CSc1c(F)cc([N+](=O)[O-])c(F)c1F. The Hall–Kier alpha value is -1.24. The molecular weight excluding hydrogens is 219 g/mol. The first-order valence-electron chi connectivity index (χ1n) is 3.35. The van der Waals surface area contributed by atoms with E-state index in [-0.39, 0.29) is 0 Å². The molecule has 0 heterocycles. The molecule has 76 valence electrons. The van der Waals surface area contributed by atoms with Gasteiger partial charge in [0.25, 0.3) is 0 Å². The summed E-state index contributed by atoms with van der Waals surface area (Å²) in [7, 11) is 0. The quantitative estimate of drug-likeness (QED) is 0.335. The van der Waals surface area contributed by atoms with Crippen LogP contribution in [0, 0.1) is 27.6 Å². The average molecular weight is 223 g/mol. The lowest BCUT2D eigenvalue weighted by Crippen LogP contribution is -1.99. The molecule has 0 saturated heterocycles. The van der Waals surface area contributed by atoms with Crippen molar-refractivity contribution in [3.8, 4) is 0 Å². The van der Waals surface area contributed by atoms with Gasteiger partial charge in [-0.15, -0.1) is 11.8 Å². The van der Waals surface area contributed by atoms with Crippen LogP contribution in [0.15, 0.2) is 11.0 Å². The Balaban J connectivity index is 3.47. The maximum Gasteiger partial charge on any atom is 0.310 e. The summed E-state index contributed by atoms with van der Waals surface area (Å²) in [6.45, 7) is 0. The van der Waals surface area contributed by atoms with Crippen molar-refractivity contribution in [2.24, 2.45) is 0 Å². The molecule has 0 amide bonds. The van der Waals surface area contributed by atoms with Gasteiger partial charge in [-0.2, -0.15) is 4.39 Å². The summed E-state index contributed by atoms with van der Waals surface area (Å²) in [6, 6.07) is 0.365. The van der Waals surface area contributed by atoms with E-state index in [0.717, 1.165) is 0 Å². The van der Waals surface area contributed by atoms with E-state index in [1.807, 2.05) is 0 Å². The molecule has 1 rings (SSSR count). The third-order valence-corrected chi connectivity index (χ3v) is 2.28. The smallest absolute Gasteiger partial charge is 0.258 e. The second kappa shape index (κ2) is 3.87. The van der Waals surface area contributed by atoms with Gasteiger partial charge in [-0.05, 0) is 6.26 Å². The fourth-order valence-corrected chi connectivity index (χ4v) is 1.41. The first kappa shape index (κ1) is 10.8. The zero-order valence-corrected chi connectivity index (χ0v) is 7.70. The van der Waals surface area contributed by atoms with E-state index in [4.69, 9.17) is 0 Å². The molecule has 0 N–H and O–H groups in total. The van der Waals surface area contributed by atoms with Crippen LogP contribution in [0.4, 0.5) is 18.9 Å². The molecule has 1 aromatic rings. The first-order valence-corrected chi connectivity index (χ1v) is 4.57. The van der Waals surface area contributed by atoms with E-state index in [0.29, 0.717) is 17.8 Å². The van der Waals surface area contributed by atoms with Gasteiger partial charge in [0, 0.05) is 0 Å². The lowest BCUT2D eigenvalue weighted by Gasteiger charge is -2.02. The van der Waals surface area contributed by atoms with Crippen LogP contribution >= 0.6 is 11.8 Å². The number of nitro benzene ring substituents is 1. The van der Waals surface area contributed by atoms with Gasteiger partial charge in [0.05, 0.1) is 15.9 Å². The van der Waals surface area contributed by atoms with Crippen molar-refractivity contribution >= 4 is 17.4 Å². The van der Waals surface area contributed by atoms with E-state index >= 15 is 0 Å². The molecule has 7 heteroatoms. The van der Waals surface area contributed by atoms with Gasteiger partial charge in [-0.25, -0.2) is 8.78 Å². The summed E-state index contributed by atoms with van der Waals surface area (Å²) in [4.78, 5) is 8.41. The van der Waals surface area contributed by atoms with Gasteiger partial charge in [-0.3, -0.25) is 10.1 Å². The van der Waals surface area contributed by atoms with Crippen molar-refractivity contribution in [1.29, 1.82) is 0 Å². The largest absolute Gasteiger partial charge is 0.310 e. The number of halogens is 3. The highest BCUT2D eigenvalue weighted by atomic mass is 32.2. The van der Waals surface area contributed by atoms with Crippen molar-refractivity contribution in [3.05, 3.63) is 33.6 Å². The average Bonchev–Trinajstić information content (AvgIpc) is 2.12. The highest BCUT2D eigenvalue weighted by Crippen LogP contribution is 2.30. The van der Waals surface area contributed by atoms with Crippen molar-refractivity contribution in [2.75, 3.05) is 6.26 Å². The van der Waals surface area contributed by atoms with E-state index in [1.54, 1.807) is 0 Å². The number of nitro groups is 1. The van der Waals surface area contributed by atoms with E-state index < -0.39 is 33.0 Å². The summed E-state index contributed by atoms with van der Waals surface area (Å²) in [6.07, 6.45) is 1.34. The Labute approximate surface area is 81.1 Å². The zero-order valence-electron chi connectivity index (χ0n) is 6.88. The maximum atomic E-state index is 12.9. The number of hydrogen-bond donors (Lipinski definition) is 0. The Morgan fingerprint density at radius 3 is 2.36 bits per heavy atom. The van der Waals surface area contributed by atoms with Crippen LogP contribution in [-0.2, 0) is 0 Å². The molecule has 0 spiro atoms. The number of thioether (sulfide) groups is 1. The van der Waals surface area contributed by atoms with E-state index in [1.165, 1.54) is 6.26 Å². The number of hydrogen-bond acceptors (Lipinski definition) is 3. The molecule has 3 nitrogen and oxygen atoms in total. The molecule has 0 aliphatic rings. The monoisotopic (exact) mass is 223 g/mol. The molecule has 1 aromatic carbocycles. The number of nitrogens with zero attached hydrogens (tertiary/aromatic N) is 1. The minimum absolute atomic E-state index is 0.365. The van der Waals surface area contributed by atoms with Crippen molar-refractivity contribution < 1.29 is 18.1 Å². The molecule has 0 bridgehead atoms. The van der Waals surface area contributed by atoms with Gasteiger partial charge >= 0.3 is 5.69 Å². The molecule has 0 radical (unpaired) electrons. The van der Waals surface area contributed by atoms with Gasteiger partial charge in [0.15, 0.2) is 5.82 Å². The van der Waals surface area contributed by atoms with Gasteiger partial charge < -0.3 is 0 Å². The molecule has 0 aliphatic carbocycles. The number of rotatable bonds is 2. The summed E-state index contributed by atoms with van der Waals surface area (Å²) >= 11 is 0.644. The summed E-state index contributed by atoms with van der Waals surface area (Å²) in [5.41, 5.74) is -1.20. The lowest BCUT2D eigenvalue weighted by atomic mass is 10.3. The van der Waals surface area contributed by atoms with Crippen molar-refractivity contribution in [3.63, 3.8) is 0 Å². The summed E-state index contributed by atoms with van der Waals surface area (Å²) in [5.74, 6) is -4.30. The first-order chi connectivity index (χ1) is 6.49. The Bertz CT molecular complexity index is 397. The van der Waals surface area contributed by atoms with Crippen molar-refractivity contribution in [2.45, 2.75) is 4.90 Å². The van der Waals surface area contributed by atoms with E-state index in [9.17, 15) is 23.3 Å². The maximum absolute atomic E-state index is 12.9. The van der Waals surface area contributed by atoms with Crippen LogP contribution in [0.3, 0.4) is 0 Å². The van der Waals surface area contributed by atoms with Gasteiger partial charge in [-0.1, -0.05) is 0 Å². The van der Waals surface area contributed by atoms with Gasteiger partial charge in [0.2, 0.25) is 5.82 Å². The zero-order chi connectivity index (χ0) is 10.9. The standard InChI is InChI=1S/C7H4F3NO2S/c1-14-7-3(8)2-4(11(12)13)5(9)6(7)10/h2H,1H3. The molecule has 0 aliphatic heterocycles. The Morgan fingerprint density at radius 1 is 1.36 bits per heavy atom. The van der Waals surface area contributed by atoms with E-state index in [2.05, 4.69) is 0 Å². The normalized spacial score (nSPS) is 10.3. The molecule has 0 unspecified atom stereocenters. The third-order valence-electron chi connectivity index (χ3n) is 1.50. The molecule has 0 atom stereocenters. The minimum Gasteiger partial charge on any atom is -0.258 e. The Morgan fingerprint density at radius 2 is 1.93 bits per heavy atom. The van der Waals surface area contributed by atoms with Crippen LogP contribution < -0.4 is 0 Å². The van der Waals surface area contributed by atoms with Crippen LogP contribution in [0.1, 0.15) is 0 Å². The fraction of sp³-hybridized carbons (Fsp3) is 0.143. The highest BCUT2D eigenvalue weighted by Gasteiger charge is 2.24. The molecular formula is C7H4F3NO2S. The van der Waals surface area contributed by atoms with Gasteiger partial charge in [0.1, 0.15) is 5.82 Å². The third kappa shape index (κ3) is 1.67.